The molecule has 1 unspecified atom stereocenters. The molecule has 0 spiro atoms. The molecule has 26 heavy (non-hydrogen) atoms. The zero-order chi connectivity index (χ0) is 18.7. The fourth-order valence-electron chi connectivity index (χ4n) is 3.17. The summed E-state index contributed by atoms with van der Waals surface area (Å²) in [7, 11) is 1.79. The number of nitrogens with zero attached hydrogens (tertiary/aromatic N) is 3. The normalized spacial score (nSPS) is 16.8. The number of carbonyl (C=O) groups excluding carboxylic acids is 2. The molecule has 1 fully saturated rings. The predicted octanol–water partition coefficient (Wildman–Crippen LogP) is 3.21. The van der Waals surface area contributed by atoms with Crippen LogP contribution in [0.3, 0.4) is 0 Å². The Morgan fingerprint density at radius 2 is 2.15 bits per heavy atom. The molecule has 6 heteroatoms. The molecule has 5 nitrogen and oxygen atoms in total. The Labute approximate surface area is 162 Å². The van der Waals surface area contributed by atoms with Crippen molar-refractivity contribution in [2.24, 2.45) is 5.92 Å². The number of aryl methyl sites for hydroxylation is 1. The van der Waals surface area contributed by atoms with Gasteiger partial charge in [0.05, 0.1) is 5.92 Å². The summed E-state index contributed by atoms with van der Waals surface area (Å²) >= 11 is 3.47. The largest absolute Gasteiger partial charge is 0.345 e. The third-order valence-electron chi connectivity index (χ3n) is 4.73. The standard InChI is InChI=1S/C20H22BrN3O2/c1-14-11-17(6-7-18(14)21)24-13-15(12-19(24)25)20(26)23(2)10-8-16-5-3-4-9-22-16/h3-7,9,11,15H,8,10,12-13H2,1-2H3. The van der Waals surface area contributed by atoms with Gasteiger partial charge in [0.15, 0.2) is 0 Å². The molecule has 2 amide bonds. The molecule has 2 heterocycles. The van der Waals surface area contributed by atoms with Crippen LogP contribution in [-0.4, -0.2) is 41.8 Å². The average molecular weight is 416 g/mol. The minimum atomic E-state index is -0.291. The van der Waals surface area contributed by atoms with Gasteiger partial charge in [-0.25, -0.2) is 0 Å². The van der Waals surface area contributed by atoms with Gasteiger partial charge < -0.3 is 9.80 Å². The van der Waals surface area contributed by atoms with Crippen LogP contribution in [0.4, 0.5) is 5.69 Å². The van der Waals surface area contributed by atoms with Crippen LogP contribution in [0, 0.1) is 12.8 Å². The Morgan fingerprint density at radius 3 is 2.85 bits per heavy atom. The van der Waals surface area contributed by atoms with Crippen molar-refractivity contribution in [1.82, 2.24) is 9.88 Å². The molecule has 1 aromatic carbocycles. The van der Waals surface area contributed by atoms with Crippen LogP contribution in [0.1, 0.15) is 17.7 Å². The van der Waals surface area contributed by atoms with Gasteiger partial charge in [0.25, 0.3) is 0 Å². The molecular formula is C20H22BrN3O2. The van der Waals surface area contributed by atoms with Gasteiger partial charge in [0, 0.05) is 55.0 Å². The zero-order valence-corrected chi connectivity index (χ0v) is 16.6. The van der Waals surface area contributed by atoms with E-state index in [2.05, 4.69) is 20.9 Å². The molecule has 1 saturated heterocycles. The fraction of sp³-hybridized carbons (Fsp3) is 0.350. The van der Waals surface area contributed by atoms with Crippen LogP contribution in [0.15, 0.2) is 47.1 Å². The van der Waals surface area contributed by atoms with Gasteiger partial charge in [-0.3, -0.25) is 14.6 Å². The van der Waals surface area contributed by atoms with Crippen LogP contribution >= 0.6 is 15.9 Å². The summed E-state index contributed by atoms with van der Waals surface area (Å²) in [6.45, 7) is 3.02. The molecular weight excluding hydrogens is 394 g/mol. The Balaban J connectivity index is 1.61. The summed E-state index contributed by atoms with van der Waals surface area (Å²) in [6, 6.07) is 11.6. The number of carbonyl (C=O) groups is 2. The van der Waals surface area contributed by atoms with Crippen molar-refractivity contribution >= 4 is 33.4 Å². The van der Waals surface area contributed by atoms with Gasteiger partial charge in [-0.2, -0.15) is 0 Å². The second-order valence-electron chi connectivity index (χ2n) is 6.67. The number of aromatic nitrogens is 1. The molecule has 136 valence electrons. The molecule has 0 N–H and O–H groups in total. The number of likely N-dealkylation sites (N-methyl/N-ethyl adjacent to an activating group) is 1. The second-order valence-corrected chi connectivity index (χ2v) is 7.52. The van der Waals surface area contributed by atoms with Gasteiger partial charge in [0.2, 0.25) is 11.8 Å². The topological polar surface area (TPSA) is 53.5 Å². The van der Waals surface area contributed by atoms with E-state index in [1.165, 1.54) is 0 Å². The van der Waals surface area contributed by atoms with Crippen LogP contribution < -0.4 is 4.90 Å². The molecule has 1 atom stereocenters. The van der Waals surface area contributed by atoms with E-state index in [0.717, 1.165) is 21.4 Å². The van der Waals surface area contributed by atoms with E-state index in [0.29, 0.717) is 19.5 Å². The molecule has 0 radical (unpaired) electrons. The Bertz CT molecular complexity index is 810. The lowest BCUT2D eigenvalue weighted by Gasteiger charge is -2.21. The van der Waals surface area contributed by atoms with Gasteiger partial charge in [-0.05, 0) is 42.8 Å². The van der Waals surface area contributed by atoms with Crippen molar-refractivity contribution in [3.05, 3.63) is 58.3 Å². The summed E-state index contributed by atoms with van der Waals surface area (Å²) < 4.78 is 1.01. The van der Waals surface area contributed by atoms with E-state index in [9.17, 15) is 9.59 Å². The number of hydrogen-bond acceptors (Lipinski definition) is 3. The van der Waals surface area contributed by atoms with E-state index < -0.39 is 0 Å². The zero-order valence-electron chi connectivity index (χ0n) is 15.0. The van der Waals surface area contributed by atoms with E-state index in [1.807, 2.05) is 43.3 Å². The van der Waals surface area contributed by atoms with Gasteiger partial charge in [0.1, 0.15) is 0 Å². The molecule has 0 bridgehead atoms. The first-order valence-electron chi connectivity index (χ1n) is 8.67. The highest BCUT2D eigenvalue weighted by atomic mass is 79.9. The number of hydrogen-bond donors (Lipinski definition) is 0. The smallest absolute Gasteiger partial charge is 0.227 e. The second kappa shape index (κ2) is 7.99. The minimum Gasteiger partial charge on any atom is -0.345 e. The van der Waals surface area contributed by atoms with Crippen LogP contribution in [0.25, 0.3) is 0 Å². The highest BCUT2D eigenvalue weighted by molar-refractivity contribution is 9.10. The summed E-state index contributed by atoms with van der Waals surface area (Å²) in [5.41, 5.74) is 2.88. The Kier molecular flexibility index (Phi) is 5.71. The van der Waals surface area contributed by atoms with Gasteiger partial charge in [-0.15, -0.1) is 0 Å². The maximum atomic E-state index is 12.7. The number of amides is 2. The molecule has 0 saturated carbocycles. The third-order valence-corrected chi connectivity index (χ3v) is 5.62. The fourth-order valence-corrected chi connectivity index (χ4v) is 3.42. The number of pyridine rings is 1. The lowest BCUT2D eigenvalue weighted by molar-refractivity contribution is -0.134. The van der Waals surface area contributed by atoms with Crippen molar-refractivity contribution in [3.63, 3.8) is 0 Å². The number of anilines is 1. The first-order chi connectivity index (χ1) is 12.5. The lowest BCUT2D eigenvalue weighted by atomic mass is 10.1. The molecule has 1 aliphatic rings. The van der Waals surface area contributed by atoms with Gasteiger partial charge in [-0.1, -0.05) is 22.0 Å². The Morgan fingerprint density at radius 1 is 1.35 bits per heavy atom. The van der Waals surface area contributed by atoms with Crippen molar-refractivity contribution in [2.45, 2.75) is 19.8 Å². The van der Waals surface area contributed by atoms with Gasteiger partial charge >= 0.3 is 0 Å². The molecule has 3 rings (SSSR count). The molecule has 1 aliphatic heterocycles. The predicted molar refractivity (Wildman–Crippen MR) is 105 cm³/mol. The van der Waals surface area contributed by atoms with Crippen LogP contribution in [0.2, 0.25) is 0 Å². The summed E-state index contributed by atoms with van der Waals surface area (Å²) in [5, 5.41) is 0. The molecule has 1 aromatic heterocycles. The maximum Gasteiger partial charge on any atom is 0.227 e. The summed E-state index contributed by atoms with van der Waals surface area (Å²) in [4.78, 5) is 32.9. The van der Waals surface area contributed by atoms with Crippen LogP contribution in [0.5, 0.6) is 0 Å². The van der Waals surface area contributed by atoms with Crippen molar-refractivity contribution in [3.8, 4) is 0 Å². The van der Waals surface area contributed by atoms with E-state index >= 15 is 0 Å². The molecule has 0 aliphatic carbocycles. The third kappa shape index (κ3) is 4.12. The lowest BCUT2D eigenvalue weighted by Crippen LogP contribution is -2.36. The average Bonchev–Trinajstić information content (AvgIpc) is 3.04. The van der Waals surface area contributed by atoms with E-state index in [-0.39, 0.29) is 24.2 Å². The Hall–Kier alpha value is -2.21. The summed E-state index contributed by atoms with van der Waals surface area (Å²) in [6.07, 6.45) is 2.73. The number of benzene rings is 1. The highest BCUT2D eigenvalue weighted by Gasteiger charge is 2.36. The maximum absolute atomic E-state index is 12.7. The van der Waals surface area contributed by atoms with Crippen molar-refractivity contribution < 1.29 is 9.59 Å². The first kappa shape index (κ1) is 18.6. The van der Waals surface area contributed by atoms with E-state index in [1.54, 1.807) is 23.0 Å². The quantitative estimate of drug-likeness (QED) is 0.753. The first-order valence-corrected chi connectivity index (χ1v) is 9.46. The number of halogens is 1. The minimum absolute atomic E-state index is 0.00296. The van der Waals surface area contributed by atoms with Crippen molar-refractivity contribution in [2.75, 3.05) is 25.0 Å². The van der Waals surface area contributed by atoms with Crippen molar-refractivity contribution in [1.29, 1.82) is 0 Å². The highest BCUT2D eigenvalue weighted by Crippen LogP contribution is 2.29. The monoisotopic (exact) mass is 415 g/mol. The van der Waals surface area contributed by atoms with E-state index in [4.69, 9.17) is 0 Å². The molecule has 2 aromatic rings. The summed E-state index contributed by atoms with van der Waals surface area (Å²) in [5.74, 6) is -0.269. The SMILES string of the molecule is Cc1cc(N2CC(C(=O)N(C)CCc3ccccn3)CC2=O)ccc1Br. The number of rotatable bonds is 5. The van der Waals surface area contributed by atoms with Crippen LogP contribution in [-0.2, 0) is 16.0 Å².